The highest BCUT2D eigenvalue weighted by atomic mass is 32.2. The minimum Gasteiger partial charge on any atom is -0.351 e. The van der Waals surface area contributed by atoms with Crippen molar-refractivity contribution >= 4 is 38.6 Å². The third kappa shape index (κ3) is 4.37. The highest BCUT2D eigenvalue weighted by molar-refractivity contribution is 7.89. The Morgan fingerprint density at radius 3 is 2.90 bits per heavy atom. The number of thiophene rings is 1. The van der Waals surface area contributed by atoms with Gasteiger partial charge in [0.05, 0.1) is 11.9 Å². The van der Waals surface area contributed by atoms with Crippen LogP contribution in [0.5, 0.6) is 0 Å². The van der Waals surface area contributed by atoms with E-state index in [2.05, 4.69) is 10.3 Å². The van der Waals surface area contributed by atoms with E-state index in [0.29, 0.717) is 11.3 Å². The summed E-state index contributed by atoms with van der Waals surface area (Å²) in [5.74, 6) is -0.394. The first kappa shape index (κ1) is 15.1. The topological polar surface area (TPSA) is 102 Å². The summed E-state index contributed by atoms with van der Waals surface area (Å²) in [4.78, 5) is 16.5. The molecule has 2 heterocycles. The summed E-state index contributed by atoms with van der Waals surface area (Å²) in [5, 5.41) is 12.2. The Labute approximate surface area is 124 Å². The summed E-state index contributed by atoms with van der Waals surface area (Å²) >= 11 is 2.87. The predicted octanol–water partition coefficient (Wildman–Crippen LogP) is 1.28. The second-order valence-corrected chi connectivity index (χ2v) is 7.56. The Morgan fingerprint density at radius 1 is 1.45 bits per heavy atom. The Balaban J connectivity index is 1.87. The molecule has 0 spiro atoms. The molecule has 20 heavy (non-hydrogen) atoms. The maximum absolute atomic E-state index is 11.8. The maximum atomic E-state index is 11.8. The van der Waals surface area contributed by atoms with Gasteiger partial charge in [-0.3, -0.25) is 4.79 Å². The van der Waals surface area contributed by atoms with E-state index in [1.165, 1.54) is 17.5 Å². The lowest BCUT2D eigenvalue weighted by Gasteiger charge is -2.01. The van der Waals surface area contributed by atoms with Crippen LogP contribution in [0.15, 0.2) is 23.0 Å². The molecule has 0 unspecified atom stereocenters. The largest absolute Gasteiger partial charge is 0.351 e. The zero-order valence-electron chi connectivity index (χ0n) is 10.4. The first-order valence-electron chi connectivity index (χ1n) is 5.73. The zero-order chi connectivity index (χ0) is 14.6. The molecule has 0 bridgehead atoms. The lowest BCUT2D eigenvalue weighted by atomic mass is 10.4. The molecule has 0 fully saturated rings. The molecular weight excluding hydrogens is 318 g/mol. The average Bonchev–Trinajstić information content (AvgIpc) is 3.02. The molecule has 0 atom stereocenters. The normalized spacial score (nSPS) is 11.4. The van der Waals surface area contributed by atoms with E-state index in [0.717, 1.165) is 10.6 Å². The highest BCUT2D eigenvalue weighted by Crippen LogP contribution is 2.26. The van der Waals surface area contributed by atoms with Gasteiger partial charge in [-0.1, -0.05) is 0 Å². The minimum absolute atomic E-state index is 0.143. The number of thiazole rings is 1. The van der Waals surface area contributed by atoms with E-state index in [1.807, 2.05) is 16.8 Å². The number of carbonyl (C=O) groups is 1. The number of primary sulfonamides is 1. The van der Waals surface area contributed by atoms with Crippen LogP contribution in [0.4, 0.5) is 0 Å². The number of nitrogens with zero attached hydrogens (tertiary/aromatic N) is 1. The van der Waals surface area contributed by atoms with Crippen LogP contribution in [0.2, 0.25) is 0 Å². The number of carbonyl (C=O) groups excluding carboxylic acids is 1. The van der Waals surface area contributed by atoms with Gasteiger partial charge in [0.25, 0.3) is 5.91 Å². The molecule has 0 aliphatic heterocycles. The summed E-state index contributed by atoms with van der Waals surface area (Å²) in [5.41, 5.74) is 0.994. The molecule has 108 valence electrons. The Kier molecular flexibility index (Phi) is 4.86. The summed E-state index contributed by atoms with van der Waals surface area (Å²) in [6, 6.07) is 1.94. The summed E-state index contributed by atoms with van der Waals surface area (Å²) in [6.45, 7) is 0.265. The summed E-state index contributed by atoms with van der Waals surface area (Å²) < 4.78 is 21.5. The second kappa shape index (κ2) is 6.44. The second-order valence-electron chi connectivity index (χ2n) is 4.02. The van der Waals surface area contributed by atoms with Gasteiger partial charge in [-0.2, -0.15) is 11.3 Å². The van der Waals surface area contributed by atoms with Crippen molar-refractivity contribution in [3.05, 3.63) is 27.9 Å². The van der Waals surface area contributed by atoms with E-state index in [4.69, 9.17) is 5.14 Å². The van der Waals surface area contributed by atoms with Crippen molar-refractivity contribution in [3.8, 4) is 10.6 Å². The Morgan fingerprint density at radius 2 is 2.25 bits per heavy atom. The fraction of sp³-hybridized carbons (Fsp3) is 0.273. The van der Waals surface area contributed by atoms with E-state index >= 15 is 0 Å². The van der Waals surface area contributed by atoms with Crippen LogP contribution in [0.3, 0.4) is 0 Å². The van der Waals surface area contributed by atoms with Gasteiger partial charge < -0.3 is 5.32 Å². The van der Waals surface area contributed by atoms with Gasteiger partial charge in [0.15, 0.2) is 0 Å². The molecule has 2 aromatic rings. The van der Waals surface area contributed by atoms with Crippen LogP contribution >= 0.6 is 22.7 Å². The van der Waals surface area contributed by atoms with E-state index in [1.54, 1.807) is 11.3 Å². The molecule has 0 aliphatic rings. The van der Waals surface area contributed by atoms with Crippen molar-refractivity contribution < 1.29 is 13.2 Å². The van der Waals surface area contributed by atoms with Gasteiger partial charge in [0.1, 0.15) is 9.88 Å². The standard InChI is InChI=1S/C11H13N3O3S3/c12-20(16,17)5-1-3-13-10(15)9-6-14-11(19-9)8-2-4-18-7-8/h2,4,6-7H,1,3,5H2,(H,13,15)(H2,12,16,17). The lowest BCUT2D eigenvalue weighted by molar-refractivity contribution is 0.0957. The third-order valence-electron chi connectivity index (χ3n) is 2.39. The predicted molar refractivity (Wildman–Crippen MR) is 80.4 cm³/mol. The average molecular weight is 331 g/mol. The number of nitrogens with two attached hydrogens (primary N) is 1. The number of hydrogen-bond acceptors (Lipinski definition) is 6. The number of nitrogens with one attached hydrogen (secondary N) is 1. The number of amides is 1. The van der Waals surface area contributed by atoms with Crippen LogP contribution < -0.4 is 10.5 Å². The monoisotopic (exact) mass is 331 g/mol. The molecule has 3 N–H and O–H groups in total. The van der Waals surface area contributed by atoms with Crippen LogP contribution in [0.25, 0.3) is 10.6 Å². The van der Waals surface area contributed by atoms with Crippen molar-refractivity contribution in [1.29, 1.82) is 0 Å². The van der Waals surface area contributed by atoms with Crippen LogP contribution in [0.1, 0.15) is 16.1 Å². The molecule has 0 aromatic carbocycles. The van der Waals surface area contributed by atoms with Crippen molar-refractivity contribution in [2.45, 2.75) is 6.42 Å². The van der Waals surface area contributed by atoms with Crippen molar-refractivity contribution in [2.75, 3.05) is 12.3 Å². The fourth-order valence-corrected chi connectivity index (χ4v) is 3.55. The van der Waals surface area contributed by atoms with Gasteiger partial charge >= 0.3 is 0 Å². The highest BCUT2D eigenvalue weighted by Gasteiger charge is 2.11. The molecule has 0 radical (unpaired) electrons. The molecule has 2 aromatic heterocycles. The van der Waals surface area contributed by atoms with Crippen molar-refractivity contribution in [1.82, 2.24) is 10.3 Å². The Bertz CT molecular complexity index is 677. The quantitative estimate of drug-likeness (QED) is 0.778. The summed E-state index contributed by atoms with van der Waals surface area (Å²) in [6.07, 6.45) is 1.81. The molecule has 1 amide bonds. The maximum Gasteiger partial charge on any atom is 0.263 e. The lowest BCUT2D eigenvalue weighted by Crippen LogP contribution is -2.26. The van der Waals surface area contributed by atoms with Crippen LogP contribution in [-0.2, 0) is 10.0 Å². The minimum atomic E-state index is -3.47. The van der Waals surface area contributed by atoms with Crippen LogP contribution in [-0.4, -0.2) is 31.6 Å². The molecule has 0 saturated heterocycles. The zero-order valence-corrected chi connectivity index (χ0v) is 12.9. The third-order valence-corrected chi connectivity index (χ3v) is 4.97. The number of hydrogen-bond donors (Lipinski definition) is 2. The van der Waals surface area contributed by atoms with E-state index in [9.17, 15) is 13.2 Å². The Hall–Kier alpha value is -1.29. The molecule has 9 heteroatoms. The number of rotatable bonds is 6. The number of aromatic nitrogens is 1. The van der Waals surface area contributed by atoms with Gasteiger partial charge in [0.2, 0.25) is 10.0 Å². The van der Waals surface area contributed by atoms with Gasteiger partial charge in [0, 0.05) is 17.5 Å². The molecular formula is C11H13N3O3S3. The van der Waals surface area contributed by atoms with Gasteiger partial charge in [-0.05, 0) is 17.9 Å². The fourth-order valence-electron chi connectivity index (χ4n) is 1.46. The van der Waals surface area contributed by atoms with Crippen molar-refractivity contribution in [2.24, 2.45) is 5.14 Å². The van der Waals surface area contributed by atoms with Crippen LogP contribution in [0, 0.1) is 0 Å². The molecule has 0 aliphatic carbocycles. The van der Waals surface area contributed by atoms with E-state index in [-0.39, 0.29) is 18.2 Å². The van der Waals surface area contributed by atoms with Gasteiger partial charge in [-0.25, -0.2) is 18.5 Å². The summed E-state index contributed by atoms with van der Waals surface area (Å²) in [7, 11) is -3.47. The molecule has 0 saturated carbocycles. The smallest absolute Gasteiger partial charge is 0.263 e. The first-order valence-corrected chi connectivity index (χ1v) is 9.20. The van der Waals surface area contributed by atoms with Crippen molar-refractivity contribution in [3.63, 3.8) is 0 Å². The number of sulfonamides is 1. The first-order chi connectivity index (χ1) is 9.46. The van der Waals surface area contributed by atoms with Gasteiger partial charge in [-0.15, -0.1) is 11.3 Å². The van der Waals surface area contributed by atoms with E-state index < -0.39 is 10.0 Å². The molecule has 2 rings (SSSR count). The molecule has 6 nitrogen and oxygen atoms in total. The SMILES string of the molecule is NS(=O)(=O)CCCNC(=O)c1cnc(-c2ccsc2)s1.